The number of piperazine rings is 1. The number of rotatable bonds is 3. The molecule has 9 heteroatoms. The van der Waals surface area contributed by atoms with Crippen molar-refractivity contribution in [1.82, 2.24) is 14.3 Å². The molecule has 7 nitrogen and oxygen atoms in total. The Balaban J connectivity index is 0.00000210. The highest BCUT2D eigenvalue weighted by molar-refractivity contribution is 5.86. The summed E-state index contributed by atoms with van der Waals surface area (Å²) >= 11 is 0. The number of halogens is 2. The Morgan fingerprint density at radius 1 is 1.22 bits per heavy atom. The fourth-order valence-corrected chi connectivity index (χ4v) is 3.42. The number of aliphatic hydroxyl groups is 1. The van der Waals surface area contributed by atoms with E-state index in [1.54, 1.807) is 11.0 Å². The Morgan fingerprint density at radius 2 is 1.96 bits per heavy atom. The topological polar surface area (TPSA) is 87.1 Å². The summed E-state index contributed by atoms with van der Waals surface area (Å²) in [7, 11) is 0. The molecule has 0 saturated carbocycles. The highest BCUT2D eigenvalue weighted by atomic mass is 35.5. The molecule has 3 aromatic rings. The van der Waals surface area contributed by atoms with Crippen LogP contribution in [-0.2, 0) is 4.79 Å². The van der Waals surface area contributed by atoms with Gasteiger partial charge >= 0.3 is 0 Å². The first-order chi connectivity index (χ1) is 12.6. The van der Waals surface area contributed by atoms with Crippen LogP contribution in [0.2, 0.25) is 0 Å². The average Bonchev–Trinajstić information content (AvgIpc) is 3.16. The summed E-state index contributed by atoms with van der Waals surface area (Å²) in [5, 5.41) is 9.06. The van der Waals surface area contributed by atoms with Crippen LogP contribution in [0.5, 0.6) is 0 Å². The molecular formula is C18H21ClFN5O2. The SMILES string of the molecule is Cl.N[C@@H](CO)C(=O)N1CCN(c2nc3cc(F)ccc3n3cccc23)CC1. The molecule has 4 rings (SSSR count). The van der Waals surface area contributed by atoms with E-state index in [0.717, 1.165) is 16.9 Å². The molecule has 0 bridgehead atoms. The maximum atomic E-state index is 13.6. The van der Waals surface area contributed by atoms with Crippen molar-refractivity contribution in [3.63, 3.8) is 0 Å². The minimum absolute atomic E-state index is 0. The molecule has 1 aromatic carbocycles. The summed E-state index contributed by atoms with van der Waals surface area (Å²) in [6.07, 6.45) is 1.93. The van der Waals surface area contributed by atoms with Crippen molar-refractivity contribution in [2.45, 2.75) is 6.04 Å². The van der Waals surface area contributed by atoms with E-state index >= 15 is 0 Å². The van der Waals surface area contributed by atoms with Gasteiger partial charge in [0.15, 0.2) is 5.82 Å². The number of nitrogens with two attached hydrogens (primary N) is 1. The van der Waals surface area contributed by atoms with Gasteiger partial charge in [0, 0.05) is 38.4 Å². The number of hydrogen-bond acceptors (Lipinski definition) is 5. The molecule has 0 unspecified atom stereocenters. The molecule has 1 saturated heterocycles. The molecule has 27 heavy (non-hydrogen) atoms. The number of aromatic nitrogens is 2. The molecule has 1 fully saturated rings. The highest BCUT2D eigenvalue weighted by Gasteiger charge is 2.26. The van der Waals surface area contributed by atoms with Gasteiger partial charge in [-0.05, 0) is 24.3 Å². The summed E-state index contributed by atoms with van der Waals surface area (Å²) in [6, 6.07) is 7.62. The predicted molar refractivity (Wildman–Crippen MR) is 104 cm³/mol. The summed E-state index contributed by atoms with van der Waals surface area (Å²) in [6.45, 7) is 1.84. The smallest absolute Gasteiger partial charge is 0.241 e. The van der Waals surface area contributed by atoms with Gasteiger partial charge < -0.3 is 25.0 Å². The summed E-state index contributed by atoms with van der Waals surface area (Å²) in [5.41, 5.74) is 8.00. The number of benzene rings is 1. The number of fused-ring (bicyclic) bond motifs is 3. The number of amides is 1. The third-order valence-electron chi connectivity index (χ3n) is 4.81. The van der Waals surface area contributed by atoms with Crippen LogP contribution >= 0.6 is 12.4 Å². The zero-order valence-corrected chi connectivity index (χ0v) is 15.4. The van der Waals surface area contributed by atoms with E-state index in [2.05, 4.69) is 9.88 Å². The maximum absolute atomic E-state index is 13.6. The van der Waals surface area contributed by atoms with Gasteiger partial charge in [-0.15, -0.1) is 12.4 Å². The number of anilines is 1. The lowest BCUT2D eigenvalue weighted by atomic mass is 10.2. The van der Waals surface area contributed by atoms with Crippen LogP contribution in [0, 0.1) is 5.82 Å². The zero-order chi connectivity index (χ0) is 18.3. The van der Waals surface area contributed by atoms with Crippen molar-refractivity contribution >= 4 is 40.7 Å². The third kappa shape index (κ3) is 3.43. The molecule has 1 atom stereocenters. The maximum Gasteiger partial charge on any atom is 0.241 e. The van der Waals surface area contributed by atoms with E-state index in [9.17, 15) is 9.18 Å². The Morgan fingerprint density at radius 3 is 2.67 bits per heavy atom. The standard InChI is InChI=1S/C18H20FN5O2.ClH/c19-12-3-4-15-14(10-12)21-17(16-2-1-5-24(15)16)22-6-8-23(9-7-22)18(26)13(20)11-25;/h1-5,10,13,25H,6-9,11,20H2;1H/t13-;/m0./s1. The first-order valence-electron chi connectivity index (χ1n) is 8.55. The van der Waals surface area contributed by atoms with Crippen molar-refractivity contribution in [3.8, 4) is 0 Å². The van der Waals surface area contributed by atoms with Crippen molar-refractivity contribution in [3.05, 3.63) is 42.3 Å². The molecule has 3 N–H and O–H groups in total. The number of carbonyl (C=O) groups is 1. The Bertz CT molecular complexity index is 971. The van der Waals surface area contributed by atoms with Gasteiger partial charge in [0.25, 0.3) is 0 Å². The van der Waals surface area contributed by atoms with Crippen molar-refractivity contribution in [2.24, 2.45) is 5.73 Å². The molecule has 1 aliphatic rings. The summed E-state index contributed by atoms with van der Waals surface area (Å²) in [5.74, 6) is 0.205. The van der Waals surface area contributed by atoms with Crippen LogP contribution in [0.3, 0.4) is 0 Å². The molecule has 1 amide bonds. The molecule has 3 heterocycles. The lowest BCUT2D eigenvalue weighted by Gasteiger charge is -2.36. The molecular weight excluding hydrogens is 373 g/mol. The highest BCUT2D eigenvalue weighted by Crippen LogP contribution is 2.26. The van der Waals surface area contributed by atoms with E-state index < -0.39 is 6.04 Å². The van der Waals surface area contributed by atoms with Crippen molar-refractivity contribution < 1.29 is 14.3 Å². The Hall–Kier alpha value is -2.42. The summed E-state index contributed by atoms with van der Waals surface area (Å²) in [4.78, 5) is 20.5. The average molecular weight is 394 g/mol. The van der Waals surface area contributed by atoms with Gasteiger partial charge in [0.2, 0.25) is 5.91 Å². The molecule has 2 aromatic heterocycles. The second-order valence-electron chi connectivity index (χ2n) is 6.43. The second kappa shape index (κ2) is 7.67. The van der Waals surface area contributed by atoms with Crippen molar-refractivity contribution in [2.75, 3.05) is 37.7 Å². The Labute approximate surface area is 161 Å². The molecule has 1 aliphatic heterocycles. The fourth-order valence-electron chi connectivity index (χ4n) is 3.42. The van der Waals surface area contributed by atoms with Crippen LogP contribution in [0.4, 0.5) is 10.2 Å². The normalized spacial score (nSPS) is 15.8. The lowest BCUT2D eigenvalue weighted by Crippen LogP contribution is -2.54. The van der Waals surface area contributed by atoms with Gasteiger partial charge in [-0.3, -0.25) is 4.79 Å². The van der Waals surface area contributed by atoms with Crippen LogP contribution in [0.25, 0.3) is 16.6 Å². The number of aliphatic hydroxyl groups excluding tert-OH is 1. The molecule has 0 spiro atoms. The molecule has 0 aliphatic carbocycles. The number of hydrogen-bond donors (Lipinski definition) is 2. The van der Waals surface area contributed by atoms with Crippen LogP contribution in [0.1, 0.15) is 0 Å². The van der Waals surface area contributed by atoms with Crippen molar-refractivity contribution in [1.29, 1.82) is 0 Å². The van der Waals surface area contributed by atoms with Gasteiger partial charge in [0.05, 0.1) is 23.2 Å². The van der Waals surface area contributed by atoms with Gasteiger partial charge in [-0.1, -0.05) is 0 Å². The van der Waals surface area contributed by atoms with Crippen LogP contribution in [-0.4, -0.2) is 64.1 Å². The van der Waals surface area contributed by atoms with E-state index in [4.69, 9.17) is 10.8 Å². The quantitative estimate of drug-likeness (QED) is 0.693. The largest absolute Gasteiger partial charge is 0.394 e. The third-order valence-corrected chi connectivity index (χ3v) is 4.81. The van der Waals surface area contributed by atoms with Crippen LogP contribution in [0.15, 0.2) is 36.5 Å². The first kappa shape index (κ1) is 19.3. The zero-order valence-electron chi connectivity index (χ0n) is 14.6. The molecule has 144 valence electrons. The number of nitrogens with zero attached hydrogens (tertiary/aromatic N) is 4. The van der Waals surface area contributed by atoms with E-state index in [0.29, 0.717) is 31.7 Å². The predicted octanol–water partition coefficient (Wildman–Crippen LogP) is 1.02. The lowest BCUT2D eigenvalue weighted by molar-refractivity contribution is -0.133. The number of carbonyl (C=O) groups excluding carboxylic acids is 1. The Kier molecular flexibility index (Phi) is 5.50. The van der Waals surface area contributed by atoms with E-state index in [1.807, 2.05) is 22.7 Å². The van der Waals surface area contributed by atoms with Gasteiger partial charge in [-0.2, -0.15) is 0 Å². The minimum atomic E-state index is -0.874. The molecule has 0 radical (unpaired) electrons. The van der Waals surface area contributed by atoms with Gasteiger partial charge in [0.1, 0.15) is 11.9 Å². The van der Waals surface area contributed by atoms with Gasteiger partial charge in [-0.25, -0.2) is 9.37 Å². The minimum Gasteiger partial charge on any atom is -0.394 e. The van der Waals surface area contributed by atoms with Crippen LogP contribution < -0.4 is 10.6 Å². The van der Waals surface area contributed by atoms with E-state index in [1.165, 1.54) is 12.1 Å². The summed E-state index contributed by atoms with van der Waals surface area (Å²) < 4.78 is 15.6. The second-order valence-corrected chi connectivity index (χ2v) is 6.43. The monoisotopic (exact) mass is 393 g/mol. The first-order valence-corrected chi connectivity index (χ1v) is 8.55. The van der Waals surface area contributed by atoms with E-state index in [-0.39, 0.29) is 30.7 Å². The fraction of sp³-hybridized carbons (Fsp3) is 0.333.